The van der Waals surface area contributed by atoms with Crippen LogP contribution in [-0.2, 0) is 35.2 Å². The van der Waals surface area contributed by atoms with Crippen molar-refractivity contribution in [2.45, 2.75) is 69.1 Å². The average Bonchev–Trinajstić information content (AvgIpc) is 3.10. The predicted molar refractivity (Wildman–Crippen MR) is 198 cm³/mol. The number of hydrogen-bond acceptors (Lipinski definition) is 8. The molecule has 18 heteroatoms. The molecule has 1 heterocycles. The summed E-state index contributed by atoms with van der Waals surface area (Å²) in [5, 5.41) is 34.8. The molecule has 0 spiro atoms. The SMILES string of the molecule is N=C(N)NCCC[C@@H]1NC(=O)[C@H](CCCCNC(=O)c2ccc(I)cc2)NC(=O)[C@@H](Cc2ccccc2)NC(=O)[C@H](CC(=O)O)NC(=O)CNC1=O. The molecular weight excluding hydrogens is 789 g/mol. The first-order valence-electron chi connectivity index (χ1n) is 16.7. The van der Waals surface area contributed by atoms with Crippen LogP contribution in [0, 0.1) is 8.98 Å². The number of hydrogen-bond donors (Lipinski definition) is 10. The number of nitrogens with one attached hydrogen (secondary N) is 8. The Morgan fingerprint density at radius 2 is 1.33 bits per heavy atom. The van der Waals surface area contributed by atoms with Crippen molar-refractivity contribution in [1.82, 2.24) is 37.2 Å². The van der Waals surface area contributed by atoms with Crippen molar-refractivity contribution in [2.24, 2.45) is 5.73 Å². The summed E-state index contributed by atoms with van der Waals surface area (Å²) in [7, 11) is 0. The first-order chi connectivity index (χ1) is 24.8. The molecule has 2 aromatic carbocycles. The zero-order chi connectivity index (χ0) is 38.0. The summed E-state index contributed by atoms with van der Waals surface area (Å²) >= 11 is 2.14. The van der Waals surface area contributed by atoms with Gasteiger partial charge < -0.3 is 48.1 Å². The molecule has 0 saturated carbocycles. The van der Waals surface area contributed by atoms with Gasteiger partial charge in [-0.05, 0) is 84.5 Å². The summed E-state index contributed by atoms with van der Waals surface area (Å²) in [5.41, 5.74) is 6.49. The van der Waals surface area contributed by atoms with Crippen LogP contribution in [0.4, 0.5) is 0 Å². The van der Waals surface area contributed by atoms with Gasteiger partial charge in [0.1, 0.15) is 24.2 Å². The van der Waals surface area contributed by atoms with Gasteiger partial charge in [0.2, 0.25) is 29.5 Å². The third kappa shape index (κ3) is 14.5. The molecule has 0 unspecified atom stereocenters. The van der Waals surface area contributed by atoms with Crippen molar-refractivity contribution in [3.8, 4) is 0 Å². The molecule has 3 rings (SSSR count). The highest BCUT2D eigenvalue weighted by Crippen LogP contribution is 2.10. The highest BCUT2D eigenvalue weighted by Gasteiger charge is 2.33. The maximum atomic E-state index is 13.8. The second-order valence-electron chi connectivity index (χ2n) is 12.1. The molecule has 1 aliphatic rings. The number of benzene rings is 2. The molecule has 4 atom stereocenters. The minimum atomic E-state index is -1.59. The quantitative estimate of drug-likeness (QED) is 0.0492. The molecule has 52 heavy (non-hydrogen) atoms. The molecule has 0 aromatic heterocycles. The molecule has 1 fully saturated rings. The molecule has 17 nitrogen and oxygen atoms in total. The Kier molecular flexibility index (Phi) is 16.8. The van der Waals surface area contributed by atoms with E-state index in [1.165, 1.54) is 0 Å². The molecule has 0 radical (unpaired) electrons. The normalized spacial score (nSPS) is 20.1. The Hall–Kier alpha value is -5.27. The number of carbonyl (C=O) groups is 7. The number of amides is 6. The standard InChI is InChI=1S/C34H44IN9O8/c35-22-13-11-21(12-14-22)29(48)38-15-5-4-9-24-31(50)42-23(10-6-16-39-34(36)37)30(49)40-19-27(45)41-26(18-28(46)47)33(52)44-25(32(51)43-24)17-20-7-2-1-3-8-20/h1-3,7-8,11-14,23-26H,4-6,9-10,15-19H2,(H,38,48)(H,40,49)(H,41,45)(H,42,50)(H,43,51)(H,44,52)(H,46,47)(H4,36,37,39)/t23-,24-,25+,26-/m0/s1. The molecule has 1 aliphatic heterocycles. The van der Waals surface area contributed by atoms with E-state index in [9.17, 15) is 38.7 Å². The van der Waals surface area contributed by atoms with Crippen molar-refractivity contribution in [1.29, 1.82) is 5.41 Å². The number of carboxylic acids is 1. The average molecular weight is 834 g/mol. The van der Waals surface area contributed by atoms with Gasteiger partial charge in [0.25, 0.3) is 5.91 Å². The van der Waals surface area contributed by atoms with Crippen LogP contribution in [-0.4, -0.2) is 96.3 Å². The van der Waals surface area contributed by atoms with Crippen LogP contribution >= 0.6 is 22.6 Å². The van der Waals surface area contributed by atoms with Gasteiger partial charge in [0.05, 0.1) is 13.0 Å². The zero-order valence-electron chi connectivity index (χ0n) is 28.3. The van der Waals surface area contributed by atoms with E-state index >= 15 is 0 Å². The Labute approximate surface area is 314 Å². The number of halogens is 1. The van der Waals surface area contributed by atoms with E-state index < -0.39 is 72.6 Å². The highest BCUT2D eigenvalue weighted by molar-refractivity contribution is 14.1. The van der Waals surface area contributed by atoms with E-state index in [0.29, 0.717) is 24.0 Å². The monoisotopic (exact) mass is 833 g/mol. The lowest BCUT2D eigenvalue weighted by Gasteiger charge is -2.26. The Balaban J connectivity index is 1.86. The molecule has 0 aliphatic carbocycles. The molecule has 11 N–H and O–H groups in total. The maximum absolute atomic E-state index is 13.8. The van der Waals surface area contributed by atoms with Crippen molar-refractivity contribution >= 4 is 70.0 Å². The number of guanidine groups is 1. The van der Waals surface area contributed by atoms with Crippen LogP contribution in [0.15, 0.2) is 54.6 Å². The van der Waals surface area contributed by atoms with Crippen molar-refractivity contribution in [3.05, 3.63) is 69.3 Å². The zero-order valence-corrected chi connectivity index (χ0v) is 30.5. The summed E-state index contributed by atoms with van der Waals surface area (Å²) in [4.78, 5) is 91.1. The number of carboxylic acid groups (broad SMARTS) is 1. The topological polar surface area (TPSA) is 274 Å². The van der Waals surface area contributed by atoms with Crippen LogP contribution in [0.1, 0.15) is 54.4 Å². The summed E-state index contributed by atoms with van der Waals surface area (Å²) in [6.45, 7) is -0.155. The van der Waals surface area contributed by atoms with Crippen molar-refractivity contribution in [2.75, 3.05) is 19.6 Å². The Morgan fingerprint density at radius 1 is 0.750 bits per heavy atom. The second kappa shape index (κ2) is 21.2. The first-order valence-corrected chi connectivity index (χ1v) is 17.8. The maximum Gasteiger partial charge on any atom is 0.305 e. The minimum absolute atomic E-state index is 0.0309. The third-order valence-corrected chi connectivity index (χ3v) is 8.65. The van der Waals surface area contributed by atoms with Gasteiger partial charge in [0, 0.05) is 28.6 Å². The lowest BCUT2D eigenvalue weighted by atomic mass is 10.0. The van der Waals surface area contributed by atoms with E-state index in [1.807, 2.05) is 12.1 Å². The van der Waals surface area contributed by atoms with E-state index in [0.717, 1.165) is 3.57 Å². The van der Waals surface area contributed by atoms with Gasteiger partial charge in [-0.3, -0.25) is 39.0 Å². The number of unbranched alkanes of at least 4 members (excludes halogenated alkanes) is 1. The minimum Gasteiger partial charge on any atom is -0.481 e. The Morgan fingerprint density at radius 3 is 1.98 bits per heavy atom. The van der Waals surface area contributed by atoms with Crippen LogP contribution < -0.4 is 43.0 Å². The Bertz CT molecular complexity index is 1590. The van der Waals surface area contributed by atoms with Crippen LogP contribution in [0.5, 0.6) is 0 Å². The first kappa shape index (κ1) is 41.2. The number of aliphatic carboxylic acids is 1. The summed E-state index contributed by atoms with van der Waals surface area (Å²) < 4.78 is 0.983. The lowest BCUT2D eigenvalue weighted by Crippen LogP contribution is -2.58. The van der Waals surface area contributed by atoms with E-state index in [2.05, 4.69) is 59.8 Å². The largest absolute Gasteiger partial charge is 0.481 e. The van der Waals surface area contributed by atoms with Gasteiger partial charge in [-0.2, -0.15) is 0 Å². The van der Waals surface area contributed by atoms with E-state index in [-0.39, 0.29) is 50.6 Å². The van der Waals surface area contributed by atoms with Gasteiger partial charge in [-0.25, -0.2) is 0 Å². The molecule has 0 bridgehead atoms. The van der Waals surface area contributed by atoms with Gasteiger partial charge >= 0.3 is 5.97 Å². The van der Waals surface area contributed by atoms with E-state index in [4.69, 9.17) is 11.1 Å². The summed E-state index contributed by atoms with van der Waals surface area (Å²) in [6, 6.07) is 10.5. The summed E-state index contributed by atoms with van der Waals surface area (Å²) in [6.07, 6.45) is 0.384. The van der Waals surface area contributed by atoms with Crippen molar-refractivity contribution in [3.63, 3.8) is 0 Å². The van der Waals surface area contributed by atoms with Crippen LogP contribution in [0.3, 0.4) is 0 Å². The lowest BCUT2D eigenvalue weighted by molar-refractivity contribution is -0.141. The summed E-state index contributed by atoms with van der Waals surface area (Å²) in [5.74, 6) is -5.97. The number of rotatable bonds is 14. The fraction of sp³-hybridized carbons (Fsp3) is 0.412. The number of carbonyl (C=O) groups excluding carboxylic acids is 6. The molecule has 280 valence electrons. The second-order valence-corrected chi connectivity index (χ2v) is 13.3. The predicted octanol–water partition coefficient (Wildman–Crippen LogP) is -0.759. The van der Waals surface area contributed by atoms with Gasteiger partial charge in [-0.1, -0.05) is 30.3 Å². The number of nitrogens with two attached hydrogens (primary N) is 1. The van der Waals surface area contributed by atoms with Crippen LogP contribution in [0.2, 0.25) is 0 Å². The fourth-order valence-electron chi connectivity index (χ4n) is 5.24. The smallest absolute Gasteiger partial charge is 0.305 e. The van der Waals surface area contributed by atoms with Gasteiger partial charge in [-0.15, -0.1) is 0 Å². The molecule has 1 saturated heterocycles. The van der Waals surface area contributed by atoms with Crippen LogP contribution in [0.25, 0.3) is 0 Å². The fourth-order valence-corrected chi connectivity index (χ4v) is 5.60. The van der Waals surface area contributed by atoms with Gasteiger partial charge in [0.15, 0.2) is 5.96 Å². The van der Waals surface area contributed by atoms with Crippen molar-refractivity contribution < 1.29 is 38.7 Å². The van der Waals surface area contributed by atoms with E-state index in [1.54, 1.807) is 42.5 Å². The molecule has 6 amide bonds. The third-order valence-electron chi connectivity index (χ3n) is 7.93. The molecular formula is C34H44IN9O8. The molecule has 2 aromatic rings. The highest BCUT2D eigenvalue weighted by atomic mass is 127.